The summed E-state index contributed by atoms with van der Waals surface area (Å²) in [6, 6.07) is 4.69. The fourth-order valence-corrected chi connectivity index (χ4v) is 6.53. The molecule has 0 aromatic heterocycles. The first kappa shape index (κ1) is 21.0. The Hall–Kier alpha value is -2.20. The maximum absolute atomic E-state index is 14.9. The molecule has 3 heterocycles. The molecule has 2 amide bonds. The fourth-order valence-electron chi connectivity index (χ4n) is 4.38. The average Bonchev–Trinajstić information content (AvgIpc) is 3.20. The van der Waals surface area contributed by atoms with Crippen LogP contribution in [0.3, 0.4) is 0 Å². The quantitative estimate of drug-likeness (QED) is 0.718. The Morgan fingerprint density at radius 3 is 2.70 bits per heavy atom. The van der Waals surface area contributed by atoms with E-state index in [1.54, 1.807) is 18.4 Å². The molecule has 0 bridgehead atoms. The van der Waals surface area contributed by atoms with Crippen molar-refractivity contribution < 1.29 is 27.7 Å². The van der Waals surface area contributed by atoms with Gasteiger partial charge in [-0.3, -0.25) is 9.69 Å². The van der Waals surface area contributed by atoms with Crippen LogP contribution in [0, 0.1) is 5.82 Å². The van der Waals surface area contributed by atoms with Crippen molar-refractivity contribution in [3.63, 3.8) is 0 Å². The van der Waals surface area contributed by atoms with Gasteiger partial charge >= 0.3 is 6.09 Å². The van der Waals surface area contributed by atoms with Gasteiger partial charge in [-0.2, -0.15) is 0 Å². The van der Waals surface area contributed by atoms with Gasteiger partial charge < -0.3 is 19.7 Å². The number of halogens is 1. The third-order valence-electron chi connectivity index (χ3n) is 6.19. The number of hydrogen-bond acceptors (Lipinski definition) is 6. The van der Waals surface area contributed by atoms with E-state index >= 15 is 0 Å². The van der Waals surface area contributed by atoms with Gasteiger partial charge in [-0.05, 0) is 18.2 Å². The second-order valence-corrected chi connectivity index (χ2v) is 11.3. The average molecular weight is 441 g/mol. The SMILES string of the molecule is CC(=O)NC[C@H]1CN(c2ccc(N3CCC4(CC3)OCC[S+]4(C)=O)c(F)c2)C(=O)O1. The number of carbonyl (C=O) groups excluding carboxylic acids is 2. The molecule has 0 radical (unpaired) electrons. The van der Waals surface area contributed by atoms with E-state index in [0.29, 0.717) is 49.7 Å². The van der Waals surface area contributed by atoms with Crippen LogP contribution in [0.25, 0.3) is 0 Å². The summed E-state index contributed by atoms with van der Waals surface area (Å²) in [5.41, 5.74) is 0.868. The number of amides is 2. The number of ether oxygens (including phenoxy) is 2. The minimum Gasteiger partial charge on any atom is -0.442 e. The van der Waals surface area contributed by atoms with Gasteiger partial charge in [0.25, 0.3) is 0 Å². The van der Waals surface area contributed by atoms with Gasteiger partial charge in [-0.25, -0.2) is 9.18 Å². The first-order valence-corrected chi connectivity index (χ1v) is 12.2. The van der Waals surface area contributed by atoms with Gasteiger partial charge in [-0.1, -0.05) is 0 Å². The summed E-state index contributed by atoms with van der Waals surface area (Å²) in [7, 11) is -2.04. The normalized spacial score (nSPS) is 28.1. The van der Waals surface area contributed by atoms with Gasteiger partial charge in [0.05, 0.1) is 31.1 Å². The minimum atomic E-state index is -2.04. The highest BCUT2D eigenvalue weighted by atomic mass is 32.2. The van der Waals surface area contributed by atoms with Crippen LogP contribution in [0.15, 0.2) is 18.2 Å². The Kier molecular flexibility index (Phi) is 5.48. The molecule has 164 valence electrons. The Morgan fingerprint density at radius 2 is 2.10 bits per heavy atom. The van der Waals surface area contributed by atoms with E-state index in [4.69, 9.17) is 9.47 Å². The van der Waals surface area contributed by atoms with Crippen LogP contribution >= 0.6 is 0 Å². The third-order valence-corrected chi connectivity index (χ3v) is 9.23. The summed E-state index contributed by atoms with van der Waals surface area (Å²) < 4.78 is 38.9. The minimum absolute atomic E-state index is 0.204. The molecule has 3 saturated heterocycles. The summed E-state index contributed by atoms with van der Waals surface area (Å²) >= 11 is 0. The Labute approximate surface area is 176 Å². The highest BCUT2D eigenvalue weighted by molar-refractivity contribution is 8.03. The van der Waals surface area contributed by atoms with Gasteiger partial charge in [0.15, 0.2) is 0 Å². The first-order valence-electron chi connectivity index (χ1n) is 10.1. The van der Waals surface area contributed by atoms with Crippen LogP contribution in [0.5, 0.6) is 0 Å². The summed E-state index contributed by atoms with van der Waals surface area (Å²) in [5.74, 6) is -0.0403. The molecule has 2 atom stereocenters. The van der Waals surface area contributed by atoms with Crippen molar-refractivity contribution >= 4 is 33.3 Å². The molecule has 1 aromatic carbocycles. The van der Waals surface area contributed by atoms with E-state index in [1.807, 2.05) is 4.90 Å². The van der Waals surface area contributed by atoms with E-state index < -0.39 is 32.9 Å². The van der Waals surface area contributed by atoms with Crippen LogP contribution in [0.4, 0.5) is 20.6 Å². The van der Waals surface area contributed by atoms with Crippen molar-refractivity contribution in [2.24, 2.45) is 0 Å². The van der Waals surface area contributed by atoms with Crippen molar-refractivity contribution in [1.29, 1.82) is 0 Å². The summed E-state index contributed by atoms with van der Waals surface area (Å²) in [4.78, 5) is 25.9. The molecule has 3 aliphatic rings. The van der Waals surface area contributed by atoms with Crippen LogP contribution in [0.2, 0.25) is 0 Å². The molecule has 0 saturated carbocycles. The number of carbonyl (C=O) groups is 2. The maximum Gasteiger partial charge on any atom is 0.414 e. The topological polar surface area (TPSA) is 88.2 Å². The largest absolute Gasteiger partial charge is 0.442 e. The monoisotopic (exact) mass is 440 g/mol. The molecule has 3 fully saturated rings. The van der Waals surface area contributed by atoms with E-state index in [9.17, 15) is 18.2 Å². The highest BCUT2D eigenvalue weighted by Gasteiger charge is 2.57. The molecule has 30 heavy (non-hydrogen) atoms. The van der Waals surface area contributed by atoms with Crippen molar-refractivity contribution in [2.45, 2.75) is 30.8 Å². The van der Waals surface area contributed by atoms with E-state index in [2.05, 4.69) is 5.32 Å². The zero-order valence-corrected chi connectivity index (χ0v) is 18.0. The van der Waals surface area contributed by atoms with Crippen LogP contribution in [-0.4, -0.2) is 67.8 Å². The molecule has 10 heteroatoms. The lowest BCUT2D eigenvalue weighted by atomic mass is 10.1. The first-order chi connectivity index (χ1) is 14.2. The molecular weight excluding hydrogens is 413 g/mol. The molecule has 1 N–H and O–H groups in total. The number of piperidine rings is 1. The standard InChI is InChI=1S/C20H26FN3O5S/c1-14(25)22-12-16-13-24(19(26)29-16)15-3-4-18(17(21)11-15)23-7-5-20(6-8-23)28-9-10-30(20,2)27/h3-4,11,16H,5-10,12-13H2,1-2H3/p+1/t16-,30?/m0/s1. The summed E-state index contributed by atoms with van der Waals surface area (Å²) in [6.07, 6.45) is 1.96. The van der Waals surface area contributed by atoms with Crippen LogP contribution in [0.1, 0.15) is 19.8 Å². The zero-order chi connectivity index (χ0) is 21.5. The zero-order valence-electron chi connectivity index (χ0n) is 17.2. The number of hydrogen-bond donors (Lipinski definition) is 1. The second-order valence-electron chi connectivity index (χ2n) is 8.14. The van der Waals surface area contributed by atoms with Crippen molar-refractivity contribution in [1.82, 2.24) is 5.32 Å². The Balaban J connectivity index is 1.42. The number of benzene rings is 1. The highest BCUT2D eigenvalue weighted by Crippen LogP contribution is 2.41. The maximum atomic E-state index is 14.9. The number of cyclic esters (lactones) is 1. The van der Waals surface area contributed by atoms with Gasteiger partial charge in [-0.15, -0.1) is 4.21 Å². The Bertz CT molecular complexity index is 902. The van der Waals surface area contributed by atoms with Gasteiger partial charge in [0.1, 0.15) is 33.9 Å². The fraction of sp³-hybridized carbons (Fsp3) is 0.600. The number of nitrogens with zero attached hydrogens (tertiary/aromatic N) is 2. The van der Waals surface area contributed by atoms with Crippen molar-refractivity contribution in [2.75, 3.05) is 54.6 Å². The number of anilines is 2. The molecule has 0 aliphatic carbocycles. The molecule has 4 rings (SSSR count). The van der Waals surface area contributed by atoms with E-state index in [0.717, 1.165) is 0 Å². The molecule has 3 aliphatic heterocycles. The van der Waals surface area contributed by atoms with Crippen LogP contribution < -0.4 is 15.1 Å². The molecule has 1 spiro atoms. The number of rotatable bonds is 4. The van der Waals surface area contributed by atoms with Gasteiger partial charge in [0.2, 0.25) is 10.8 Å². The summed E-state index contributed by atoms with van der Waals surface area (Å²) in [6.45, 7) is 3.50. The molecule has 1 aromatic rings. The van der Waals surface area contributed by atoms with Crippen molar-refractivity contribution in [3.8, 4) is 0 Å². The summed E-state index contributed by atoms with van der Waals surface area (Å²) in [5, 5.41) is 2.62. The van der Waals surface area contributed by atoms with Crippen LogP contribution in [-0.2, 0) is 28.4 Å². The molecule has 1 unspecified atom stereocenters. The molecule has 8 nitrogen and oxygen atoms in total. The predicted molar refractivity (Wildman–Crippen MR) is 112 cm³/mol. The predicted octanol–water partition coefficient (Wildman–Crippen LogP) is 1.74. The molecular formula is C20H27FN3O5S+. The number of nitrogens with one attached hydrogen (secondary N) is 1. The van der Waals surface area contributed by atoms with E-state index in [1.165, 1.54) is 17.9 Å². The lowest BCUT2D eigenvalue weighted by Crippen LogP contribution is -2.50. The Morgan fingerprint density at radius 1 is 1.37 bits per heavy atom. The smallest absolute Gasteiger partial charge is 0.414 e. The van der Waals surface area contributed by atoms with Crippen molar-refractivity contribution in [3.05, 3.63) is 24.0 Å². The second kappa shape index (κ2) is 7.81. The van der Waals surface area contributed by atoms with E-state index in [-0.39, 0.29) is 19.0 Å². The lowest BCUT2D eigenvalue weighted by molar-refractivity contribution is -0.119. The van der Waals surface area contributed by atoms with Gasteiger partial charge in [0, 0.05) is 32.9 Å². The lowest BCUT2D eigenvalue weighted by Gasteiger charge is -2.38. The third kappa shape index (κ3) is 3.78.